The molecule has 23 heavy (non-hydrogen) atoms. The van der Waals surface area contributed by atoms with Crippen molar-refractivity contribution in [3.05, 3.63) is 52.3 Å². The highest BCUT2D eigenvalue weighted by Crippen LogP contribution is 2.20. The quantitative estimate of drug-likeness (QED) is 0.650. The van der Waals surface area contributed by atoms with E-state index in [1.54, 1.807) is 18.2 Å². The number of aryl methyl sites for hydroxylation is 1. The van der Waals surface area contributed by atoms with E-state index in [0.717, 1.165) is 5.56 Å². The third kappa shape index (κ3) is 4.43. The molecule has 7 heteroatoms. The number of benzene rings is 1. The molecule has 0 aliphatic rings. The molecule has 1 aromatic heterocycles. The van der Waals surface area contributed by atoms with Gasteiger partial charge in [0.25, 0.3) is 5.91 Å². The van der Waals surface area contributed by atoms with Crippen LogP contribution in [0.5, 0.6) is 0 Å². The van der Waals surface area contributed by atoms with Gasteiger partial charge in [0.05, 0.1) is 0 Å². The van der Waals surface area contributed by atoms with E-state index in [1.807, 2.05) is 6.92 Å². The number of nitrogens with one attached hydrogen (secondary N) is 2. The van der Waals surface area contributed by atoms with Crippen LogP contribution in [-0.4, -0.2) is 29.3 Å². The molecule has 2 rings (SSSR count). The summed E-state index contributed by atoms with van der Waals surface area (Å²) in [6.07, 6.45) is 1.41. The van der Waals surface area contributed by atoms with Gasteiger partial charge in [-0.15, -0.1) is 0 Å². The monoisotopic (exact) mass is 334 g/mol. The van der Waals surface area contributed by atoms with Crippen LogP contribution in [0.4, 0.5) is 5.69 Å². The van der Waals surface area contributed by atoms with Crippen LogP contribution in [-0.2, 0) is 9.53 Å². The fourth-order valence-corrected chi connectivity index (χ4v) is 2.01. The number of Topliss-reactive ketones (excluding diaryl/α,β-unsaturated/α-hetero) is 1. The normalized spacial score (nSPS) is 10.2. The smallest absolute Gasteiger partial charge is 0.355 e. The molecule has 0 spiro atoms. The molecular formula is C16H15ClN2O4. The number of esters is 1. The van der Waals surface area contributed by atoms with Gasteiger partial charge in [0, 0.05) is 22.5 Å². The summed E-state index contributed by atoms with van der Waals surface area (Å²) in [7, 11) is 0. The first kappa shape index (κ1) is 16.8. The minimum Gasteiger partial charge on any atom is -0.451 e. The standard InChI is InChI=1S/C16H15ClN2O4/c1-9-3-4-12(17)6-13(9)19-15(21)8-23-16(22)14-5-11(7-18-14)10(2)20/h3-7,18H,8H2,1-2H3,(H,19,21). The van der Waals surface area contributed by atoms with Crippen LogP contribution in [0.3, 0.4) is 0 Å². The predicted octanol–water partition coefficient (Wildman–Crippen LogP) is 2.97. The molecule has 120 valence electrons. The number of carbonyl (C=O) groups excluding carboxylic acids is 3. The highest BCUT2D eigenvalue weighted by Gasteiger charge is 2.14. The van der Waals surface area contributed by atoms with E-state index in [2.05, 4.69) is 10.3 Å². The Morgan fingerprint density at radius 3 is 2.65 bits per heavy atom. The number of carbonyl (C=O) groups is 3. The molecular weight excluding hydrogens is 320 g/mol. The van der Waals surface area contributed by atoms with E-state index in [9.17, 15) is 14.4 Å². The highest BCUT2D eigenvalue weighted by atomic mass is 35.5. The van der Waals surface area contributed by atoms with Gasteiger partial charge in [0.2, 0.25) is 0 Å². The van der Waals surface area contributed by atoms with E-state index in [0.29, 0.717) is 16.3 Å². The predicted molar refractivity (Wildman–Crippen MR) is 85.9 cm³/mol. The number of halogens is 1. The molecule has 1 heterocycles. The number of aromatic nitrogens is 1. The Bertz CT molecular complexity index is 767. The molecule has 0 aliphatic heterocycles. The Kier molecular flexibility index (Phi) is 5.18. The number of H-pyrrole nitrogens is 1. The molecule has 1 amide bonds. The van der Waals surface area contributed by atoms with Gasteiger partial charge in [0.1, 0.15) is 5.69 Å². The van der Waals surface area contributed by atoms with Crippen LogP contribution in [0.2, 0.25) is 5.02 Å². The molecule has 2 aromatic rings. The molecule has 0 atom stereocenters. The van der Waals surface area contributed by atoms with Crippen molar-refractivity contribution >= 4 is 34.9 Å². The zero-order valence-corrected chi connectivity index (χ0v) is 13.4. The van der Waals surface area contributed by atoms with Gasteiger partial charge in [0.15, 0.2) is 12.4 Å². The summed E-state index contributed by atoms with van der Waals surface area (Å²) in [5, 5.41) is 3.11. The van der Waals surface area contributed by atoms with Crippen molar-refractivity contribution in [3.8, 4) is 0 Å². The van der Waals surface area contributed by atoms with Gasteiger partial charge in [-0.1, -0.05) is 17.7 Å². The highest BCUT2D eigenvalue weighted by molar-refractivity contribution is 6.31. The van der Waals surface area contributed by atoms with Crippen LogP contribution < -0.4 is 5.32 Å². The largest absolute Gasteiger partial charge is 0.451 e. The number of hydrogen-bond donors (Lipinski definition) is 2. The summed E-state index contributed by atoms with van der Waals surface area (Å²) >= 11 is 5.87. The van der Waals surface area contributed by atoms with Crippen molar-refractivity contribution in [1.82, 2.24) is 4.98 Å². The SMILES string of the molecule is CC(=O)c1c[nH]c(C(=O)OCC(=O)Nc2cc(Cl)ccc2C)c1. The molecule has 0 unspecified atom stereocenters. The Labute approximate surface area is 137 Å². The fraction of sp³-hybridized carbons (Fsp3) is 0.188. The average Bonchev–Trinajstić information content (AvgIpc) is 2.99. The number of rotatable bonds is 5. The Morgan fingerprint density at radius 1 is 1.26 bits per heavy atom. The summed E-state index contributed by atoms with van der Waals surface area (Å²) in [5.41, 5.74) is 1.87. The summed E-state index contributed by atoms with van der Waals surface area (Å²) < 4.78 is 4.90. The number of amides is 1. The van der Waals surface area contributed by atoms with E-state index in [4.69, 9.17) is 16.3 Å². The minimum absolute atomic E-state index is 0.113. The van der Waals surface area contributed by atoms with Crippen LogP contribution >= 0.6 is 11.6 Å². The second kappa shape index (κ2) is 7.11. The second-order valence-electron chi connectivity index (χ2n) is 4.94. The van der Waals surface area contributed by atoms with Crippen LogP contribution in [0.25, 0.3) is 0 Å². The summed E-state index contributed by atoms with van der Waals surface area (Å²) in [6.45, 7) is 2.76. The van der Waals surface area contributed by atoms with Gasteiger partial charge in [-0.2, -0.15) is 0 Å². The molecule has 0 aliphatic carbocycles. The lowest BCUT2D eigenvalue weighted by atomic mass is 10.2. The molecule has 2 N–H and O–H groups in total. The zero-order valence-electron chi connectivity index (χ0n) is 12.6. The molecule has 1 aromatic carbocycles. The fourth-order valence-electron chi connectivity index (χ4n) is 1.84. The van der Waals surface area contributed by atoms with E-state index in [1.165, 1.54) is 19.2 Å². The summed E-state index contributed by atoms with van der Waals surface area (Å²) in [4.78, 5) is 37.4. The first-order valence-electron chi connectivity index (χ1n) is 6.79. The number of ketones is 1. The third-order valence-corrected chi connectivity index (χ3v) is 3.35. The lowest BCUT2D eigenvalue weighted by molar-refractivity contribution is -0.119. The molecule has 0 fully saturated rings. The lowest BCUT2D eigenvalue weighted by Gasteiger charge is -2.09. The molecule has 0 radical (unpaired) electrons. The molecule has 0 bridgehead atoms. The van der Waals surface area contributed by atoms with Crippen LogP contribution in [0.15, 0.2) is 30.5 Å². The maximum atomic E-state index is 11.8. The summed E-state index contributed by atoms with van der Waals surface area (Å²) in [5.74, 6) is -1.37. The van der Waals surface area contributed by atoms with Gasteiger partial charge < -0.3 is 15.0 Å². The second-order valence-corrected chi connectivity index (χ2v) is 5.38. The van der Waals surface area contributed by atoms with Gasteiger partial charge in [-0.3, -0.25) is 9.59 Å². The van der Waals surface area contributed by atoms with Gasteiger partial charge >= 0.3 is 5.97 Å². The zero-order chi connectivity index (χ0) is 17.0. The van der Waals surface area contributed by atoms with Crippen molar-refractivity contribution in [3.63, 3.8) is 0 Å². The number of ether oxygens (including phenoxy) is 1. The number of anilines is 1. The Balaban J connectivity index is 1.92. The Morgan fingerprint density at radius 2 is 2.00 bits per heavy atom. The van der Waals surface area contributed by atoms with Crippen molar-refractivity contribution in [2.45, 2.75) is 13.8 Å². The third-order valence-electron chi connectivity index (χ3n) is 3.12. The molecule has 0 saturated carbocycles. The first-order valence-corrected chi connectivity index (χ1v) is 7.17. The maximum absolute atomic E-state index is 11.8. The van der Waals surface area contributed by atoms with Crippen molar-refractivity contribution in [1.29, 1.82) is 0 Å². The number of aromatic amines is 1. The first-order chi connectivity index (χ1) is 10.9. The van der Waals surface area contributed by atoms with Crippen molar-refractivity contribution in [2.75, 3.05) is 11.9 Å². The van der Waals surface area contributed by atoms with E-state index in [-0.39, 0.29) is 11.5 Å². The Hall–Kier alpha value is -2.60. The average molecular weight is 335 g/mol. The number of hydrogen-bond acceptors (Lipinski definition) is 4. The van der Waals surface area contributed by atoms with Crippen LogP contribution in [0.1, 0.15) is 33.3 Å². The molecule has 0 saturated heterocycles. The van der Waals surface area contributed by atoms with Gasteiger partial charge in [-0.25, -0.2) is 4.79 Å². The van der Waals surface area contributed by atoms with Crippen molar-refractivity contribution in [2.24, 2.45) is 0 Å². The lowest BCUT2D eigenvalue weighted by Crippen LogP contribution is -2.21. The minimum atomic E-state index is -0.713. The maximum Gasteiger partial charge on any atom is 0.355 e. The van der Waals surface area contributed by atoms with E-state index >= 15 is 0 Å². The molecule has 6 nitrogen and oxygen atoms in total. The van der Waals surface area contributed by atoms with Gasteiger partial charge in [-0.05, 0) is 37.6 Å². The van der Waals surface area contributed by atoms with E-state index < -0.39 is 18.5 Å². The van der Waals surface area contributed by atoms with Crippen LogP contribution in [0, 0.1) is 6.92 Å². The van der Waals surface area contributed by atoms with Crippen molar-refractivity contribution < 1.29 is 19.1 Å². The summed E-state index contributed by atoms with van der Waals surface area (Å²) in [6, 6.07) is 6.47. The topological polar surface area (TPSA) is 88.3 Å².